The summed E-state index contributed by atoms with van der Waals surface area (Å²) in [6.07, 6.45) is 1.63. The van der Waals surface area contributed by atoms with Gasteiger partial charge in [-0.05, 0) is 0 Å². The number of imidazole rings is 1. The van der Waals surface area contributed by atoms with Crippen molar-refractivity contribution in [2.24, 2.45) is 0 Å². The Morgan fingerprint density at radius 1 is 1.55 bits per heavy atom. The third-order valence-electron chi connectivity index (χ3n) is 1.41. The predicted molar refractivity (Wildman–Crippen MR) is 45.1 cm³/mol. The number of pyridine rings is 1. The van der Waals surface area contributed by atoms with Crippen molar-refractivity contribution in [3.05, 3.63) is 12.4 Å². The zero-order valence-corrected chi connectivity index (χ0v) is 7.45. The Morgan fingerprint density at radius 2 is 2.36 bits per heavy atom. The normalized spacial score (nSPS) is 10.6. The van der Waals surface area contributed by atoms with E-state index in [2.05, 4.69) is 31.0 Å². The topological polar surface area (TPSA) is 67.6 Å². The van der Waals surface area contributed by atoms with Gasteiger partial charge in [0.15, 0.2) is 0 Å². The molecule has 2 rings (SSSR count). The SMILES string of the molecule is Nc1cc2[nH]cnc2c([SeH])n1. The summed E-state index contributed by atoms with van der Waals surface area (Å²) in [7, 11) is 0. The first kappa shape index (κ1) is 6.64. The number of aromatic nitrogens is 3. The van der Waals surface area contributed by atoms with E-state index in [4.69, 9.17) is 5.73 Å². The summed E-state index contributed by atoms with van der Waals surface area (Å²) in [5, 5.41) is 0. The van der Waals surface area contributed by atoms with E-state index in [1.54, 1.807) is 12.4 Å². The molecular weight excluding hydrogens is 207 g/mol. The van der Waals surface area contributed by atoms with Gasteiger partial charge in [0, 0.05) is 0 Å². The summed E-state index contributed by atoms with van der Waals surface area (Å²) in [4.78, 5) is 11.1. The molecule has 0 saturated heterocycles. The zero-order chi connectivity index (χ0) is 7.84. The number of nitrogens with zero attached hydrogens (tertiary/aromatic N) is 2. The van der Waals surface area contributed by atoms with Crippen molar-refractivity contribution in [3.8, 4) is 0 Å². The van der Waals surface area contributed by atoms with Crippen LogP contribution in [0.1, 0.15) is 0 Å². The Kier molecular flexibility index (Phi) is 1.34. The molecule has 0 fully saturated rings. The van der Waals surface area contributed by atoms with Crippen molar-refractivity contribution >= 4 is 37.5 Å². The molecule has 56 valence electrons. The molecule has 0 unspecified atom stereocenters. The van der Waals surface area contributed by atoms with Crippen LogP contribution in [0.2, 0.25) is 0 Å². The molecule has 0 spiro atoms. The molecule has 3 N–H and O–H groups in total. The Balaban J connectivity index is 2.91. The fraction of sp³-hybridized carbons (Fsp3) is 0. The van der Waals surface area contributed by atoms with Gasteiger partial charge in [0.05, 0.1) is 0 Å². The molecule has 0 atom stereocenters. The second-order valence-corrected chi connectivity index (χ2v) is 3.06. The van der Waals surface area contributed by atoms with Crippen LogP contribution in [0.15, 0.2) is 12.4 Å². The molecule has 0 aliphatic carbocycles. The summed E-state index contributed by atoms with van der Waals surface area (Å²) in [6.45, 7) is 0. The summed E-state index contributed by atoms with van der Waals surface area (Å²) < 4.78 is 0.800. The second kappa shape index (κ2) is 2.22. The number of H-pyrrole nitrogens is 1. The molecule has 0 amide bonds. The van der Waals surface area contributed by atoms with Crippen LogP contribution in [0.25, 0.3) is 11.0 Å². The van der Waals surface area contributed by atoms with Crippen molar-refractivity contribution in [1.29, 1.82) is 0 Å². The molecule has 5 heteroatoms. The summed E-state index contributed by atoms with van der Waals surface area (Å²) >= 11 is 2.34. The van der Waals surface area contributed by atoms with Gasteiger partial charge in [0.2, 0.25) is 0 Å². The van der Waals surface area contributed by atoms with E-state index in [0.717, 1.165) is 15.6 Å². The fourth-order valence-electron chi connectivity index (χ4n) is 0.948. The molecule has 2 aromatic heterocycles. The van der Waals surface area contributed by atoms with Gasteiger partial charge in [-0.3, -0.25) is 0 Å². The Hall–Kier alpha value is -1.06. The number of hydrogen-bond acceptors (Lipinski definition) is 3. The monoisotopic (exact) mass is 214 g/mol. The van der Waals surface area contributed by atoms with Crippen LogP contribution >= 0.6 is 0 Å². The van der Waals surface area contributed by atoms with Gasteiger partial charge in [0.1, 0.15) is 0 Å². The first-order valence-corrected chi connectivity index (χ1v) is 4.00. The standard InChI is InChI=1S/C6H6N4Se/c7-4-1-3-5(6(11)10-4)9-2-8-3/h1-2H,(H,8,9)(H3,7,10,11). The van der Waals surface area contributed by atoms with E-state index >= 15 is 0 Å². The molecule has 11 heavy (non-hydrogen) atoms. The maximum atomic E-state index is 5.52. The van der Waals surface area contributed by atoms with Crippen LogP contribution in [-0.2, 0) is 0 Å². The predicted octanol–water partition coefficient (Wildman–Crippen LogP) is -0.934. The van der Waals surface area contributed by atoms with Crippen LogP contribution in [0.3, 0.4) is 0 Å². The van der Waals surface area contributed by atoms with Gasteiger partial charge >= 0.3 is 70.5 Å². The first-order chi connectivity index (χ1) is 5.27. The number of nitrogen functional groups attached to an aromatic ring is 1. The fourth-order valence-corrected chi connectivity index (χ4v) is 1.56. The van der Waals surface area contributed by atoms with E-state index in [1.165, 1.54) is 0 Å². The van der Waals surface area contributed by atoms with E-state index in [9.17, 15) is 0 Å². The molecule has 0 aromatic carbocycles. The van der Waals surface area contributed by atoms with Gasteiger partial charge in [-0.2, -0.15) is 0 Å². The van der Waals surface area contributed by atoms with Crippen molar-refractivity contribution in [2.75, 3.05) is 5.73 Å². The van der Waals surface area contributed by atoms with Crippen LogP contribution in [0, 0.1) is 0 Å². The molecule has 0 bridgehead atoms. The third-order valence-corrected chi connectivity index (χ3v) is 2.06. The van der Waals surface area contributed by atoms with E-state index in [-0.39, 0.29) is 0 Å². The number of aromatic amines is 1. The van der Waals surface area contributed by atoms with Crippen molar-refractivity contribution in [3.63, 3.8) is 0 Å². The van der Waals surface area contributed by atoms with Gasteiger partial charge in [-0.25, -0.2) is 0 Å². The Morgan fingerprint density at radius 3 is 3.18 bits per heavy atom. The van der Waals surface area contributed by atoms with Crippen LogP contribution in [-0.4, -0.2) is 31.0 Å². The average molecular weight is 213 g/mol. The quantitative estimate of drug-likeness (QED) is 0.555. The number of anilines is 1. The van der Waals surface area contributed by atoms with E-state index in [1.807, 2.05) is 0 Å². The molecule has 0 radical (unpaired) electrons. The van der Waals surface area contributed by atoms with Gasteiger partial charge in [-0.1, -0.05) is 0 Å². The number of nitrogens with one attached hydrogen (secondary N) is 1. The van der Waals surface area contributed by atoms with Gasteiger partial charge < -0.3 is 0 Å². The minimum atomic E-state index is 0.511. The van der Waals surface area contributed by atoms with E-state index < -0.39 is 0 Å². The van der Waals surface area contributed by atoms with Crippen molar-refractivity contribution in [1.82, 2.24) is 15.0 Å². The average Bonchev–Trinajstić information content (AvgIpc) is 2.34. The molecular formula is C6H6N4Se. The number of hydrogen-bond donors (Lipinski definition) is 2. The van der Waals surface area contributed by atoms with Crippen LogP contribution < -0.4 is 10.3 Å². The third kappa shape index (κ3) is 0.982. The molecule has 2 heterocycles. The maximum absolute atomic E-state index is 5.52. The molecule has 0 aliphatic rings. The van der Waals surface area contributed by atoms with Crippen LogP contribution in [0.5, 0.6) is 0 Å². The van der Waals surface area contributed by atoms with E-state index in [0.29, 0.717) is 5.82 Å². The summed E-state index contributed by atoms with van der Waals surface area (Å²) in [6, 6.07) is 1.76. The Bertz CT molecular complexity index is 394. The van der Waals surface area contributed by atoms with Crippen molar-refractivity contribution in [2.45, 2.75) is 0 Å². The zero-order valence-electron chi connectivity index (χ0n) is 5.57. The Labute approximate surface area is 71.0 Å². The second-order valence-electron chi connectivity index (χ2n) is 2.17. The molecule has 0 aliphatic heterocycles. The number of nitrogens with two attached hydrogens (primary N) is 1. The number of fused-ring (bicyclic) bond motifs is 1. The molecule has 4 nitrogen and oxygen atoms in total. The summed E-state index contributed by atoms with van der Waals surface area (Å²) in [5.74, 6) is 0.511. The van der Waals surface area contributed by atoms with Gasteiger partial charge in [0.25, 0.3) is 0 Å². The van der Waals surface area contributed by atoms with Gasteiger partial charge in [-0.15, -0.1) is 0 Å². The first-order valence-electron chi connectivity index (χ1n) is 3.06. The summed E-state index contributed by atoms with van der Waals surface area (Å²) in [5.41, 5.74) is 7.30. The number of rotatable bonds is 0. The van der Waals surface area contributed by atoms with Crippen LogP contribution in [0.4, 0.5) is 5.82 Å². The molecule has 2 aromatic rings. The van der Waals surface area contributed by atoms with Crippen molar-refractivity contribution < 1.29 is 0 Å². The molecule has 0 saturated carbocycles. The minimum absolute atomic E-state index is 0.511.